The fourth-order valence-electron chi connectivity index (χ4n) is 2.47. The van der Waals surface area contributed by atoms with Crippen LogP contribution in [0, 0.1) is 9.49 Å². The van der Waals surface area contributed by atoms with Gasteiger partial charge in [0.15, 0.2) is 0 Å². The molecule has 0 aliphatic heterocycles. The Hall–Kier alpha value is -0.430. The lowest BCUT2D eigenvalue weighted by molar-refractivity contribution is 0.626. The van der Waals surface area contributed by atoms with Gasteiger partial charge in [0.25, 0.3) is 0 Å². The lowest BCUT2D eigenvalue weighted by Crippen LogP contribution is -2.29. The highest BCUT2D eigenvalue weighted by molar-refractivity contribution is 14.1. The quantitative estimate of drug-likeness (QED) is 0.383. The number of halogens is 2. The molecule has 0 spiro atoms. The number of benzene rings is 2. The van der Waals surface area contributed by atoms with Gasteiger partial charge in [0.1, 0.15) is 0 Å². The third kappa shape index (κ3) is 4.52. The molecular weight excluding hydrogens is 439 g/mol. The van der Waals surface area contributed by atoms with Crippen molar-refractivity contribution in [1.82, 2.24) is 5.43 Å². The van der Waals surface area contributed by atoms with E-state index in [9.17, 15) is 0 Å². The van der Waals surface area contributed by atoms with Gasteiger partial charge in [-0.25, -0.2) is 5.43 Å². The summed E-state index contributed by atoms with van der Waals surface area (Å²) in [5.74, 6) is 6.49. The van der Waals surface area contributed by atoms with E-state index in [4.69, 9.17) is 5.84 Å². The molecule has 0 amide bonds. The highest BCUT2D eigenvalue weighted by Crippen LogP contribution is 2.29. The molecule has 0 aliphatic carbocycles. The number of rotatable bonds is 5. The smallest absolute Gasteiger partial charge is 0.0720 e. The summed E-state index contributed by atoms with van der Waals surface area (Å²) in [6.07, 6.45) is 1.08. The minimum Gasteiger partial charge on any atom is -0.271 e. The minimum atomic E-state index is 0.00140. The highest BCUT2D eigenvalue weighted by atomic mass is 127. The molecule has 2 aromatic carbocycles. The molecule has 0 heterocycles. The predicted molar refractivity (Wildman–Crippen MR) is 101 cm³/mol. The van der Waals surface area contributed by atoms with Crippen LogP contribution in [0.15, 0.2) is 46.9 Å². The fraction of sp³-hybridized carbons (Fsp3) is 0.294. The molecule has 0 saturated heterocycles. The number of hydrogen-bond acceptors (Lipinski definition) is 2. The zero-order chi connectivity index (χ0) is 15.4. The standard InChI is InChI=1S/C17H20BrIN2/c1-11(2)8-12-4-3-5-13(9-12)17(21-20)15-10-14(18)6-7-16(15)19/h3-7,9-11,17,21H,8,20H2,1-2H3. The third-order valence-corrected chi connectivity index (χ3v) is 4.84. The van der Waals surface area contributed by atoms with Crippen molar-refractivity contribution in [3.8, 4) is 0 Å². The Morgan fingerprint density at radius 3 is 2.62 bits per heavy atom. The summed E-state index contributed by atoms with van der Waals surface area (Å²) in [4.78, 5) is 0. The van der Waals surface area contributed by atoms with Gasteiger partial charge < -0.3 is 0 Å². The normalized spacial score (nSPS) is 12.7. The van der Waals surface area contributed by atoms with Crippen LogP contribution in [0.3, 0.4) is 0 Å². The van der Waals surface area contributed by atoms with Crippen LogP contribution in [-0.4, -0.2) is 0 Å². The van der Waals surface area contributed by atoms with Crippen LogP contribution in [-0.2, 0) is 6.42 Å². The Bertz CT molecular complexity index is 613. The topological polar surface area (TPSA) is 38.0 Å². The summed E-state index contributed by atoms with van der Waals surface area (Å²) >= 11 is 5.90. The molecule has 2 aromatic rings. The van der Waals surface area contributed by atoms with Crippen LogP contribution < -0.4 is 11.3 Å². The van der Waals surface area contributed by atoms with Crippen molar-refractivity contribution in [2.24, 2.45) is 11.8 Å². The number of nitrogens with one attached hydrogen (secondary N) is 1. The lowest BCUT2D eigenvalue weighted by atomic mass is 9.95. The molecule has 4 heteroatoms. The van der Waals surface area contributed by atoms with E-state index >= 15 is 0 Å². The van der Waals surface area contributed by atoms with Gasteiger partial charge in [-0.3, -0.25) is 5.84 Å². The van der Waals surface area contributed by atoms with Gasteiger partial charge in [-0.15, -0.1) is 0 Å². The van der Waals surface area contributed by atoms with Gasteiger partial charge in [0.2, 0.25) is 0 Å². The Kier molecular flexibility index (Phi) is 6.22. The molecule has 0 fully saturated rings. The first kappa shape index (κ1) is 16.9. The molecule has 1 atom stereocenters. The first-order chi connectivity index (χ1) is 10.0. The van der Waals surface area contributed by atoms with Crippen molar-refractivity contribution in [2.75, 3.05) is 0 Å². The molecule has 2 nitrogen and oxygen atoms in total. The maximum Gasteiger partial charge on any atom is 0.0720 e. The van der Waals surface area contributed by atoms with Crippen molar-refractivity contribution in [2.45, 2.75) is 26.3 Å². The first-order valence-electron chi connectivity index (χ1n) is 7.01. The molecule has 112 valence electrons. The summed E-state index contributed by atoms with van der Waals surface area (Å²) in [6.45, 7) is 4.48. The molecule has 0 aliphatic rings. The Morgan fingerprint density at radius 2 is 1.95 bits per heavy atom. The average molecular weight is 459 g/mol. The molecule has 1 unspecified atom stereocenters. The Morgan fingerprint density at radius 1 is 1.19 bits per heavy atom. The summed E-state index contributed by atoms with van der Waals surface area (Å²) < 4.78 is 2.27. The zero-order valence-corrected chi connectivity index (χ0v) is 16.0. The largest absolute Gasteiger partial charge is 0.271 e. The summed E-state index contributed by atoms with van der Waals surface area (Å²) in [6, 6.07) is 15.0. The maximum atomic E-state index is 5.84. The molecular formula is C17H20BrIN2. The van der Waals surface area contributed by atoms with Crippen LogP contribution in [0.2, 0.25) is 0 Å². The van der Waals surface area contributed by atoms with E-state index in [1.165, 1.54) is 20.3 Å². The molecule has 0 saturated carbocycles. The molecule has 2 rings (SSSR count). The molecule has 0 bridgehead atoms. The van der Waals surface area contributed by atoms with Crippen LogP contribution in [0.1, 0.15) is 36.6 Å². The van der Waals surface area contributed by atoms with E-state index in [2.05, 4.69) is 94.2 Å². The molecule has 3 N–H and O–H groups in total. The van der Waals surface area contributed by atoms with E-state index in [0.717, 1.165) is 10.9 Å². The fourth-order valence-corrected chi connectivity index (χ4v) is 3.50. The minimum absolute atomic E-state index is 0.00140. The predicted octanol–water partition coefficient (Wildman–Crippen LogP) is 4.80. The van der Waals surface area contributed by atoms with Gasteiger partial charge in [-0.05, 0) is 69.8 Å². The second kappa shape index (κ2) is 7.72. The second-order valence-electron chi connectivity index (χ2n) is 5.61. The number of nitrogens with two attached hydrogens (primary N) is 1. The molecule has 21 heavy (non-hydrogen) atoms. The van der Waals surface area contributed by atoms with Crippen molar-refractivity contribution in [1.29, 1.82) is 0 Å². The van der Waals surface area contributed by atoms with E-state index in [-0.39, 0.29) is 6.04 Å². The van der Waals surface area contributed by atoms with Gasteiger partial charge in [0.05, 0.1) is 6.04 Å². The number of hydrogen-bond donors (Lipinski definition) is 2. The summed E-state index contributed by atoms with van der Waals surface area (Å²) in [5.41, 5.74) is 6.70. The van der Waals surface area contributed by atoms with Crippen molar-refractivity contribution in [3.63, 3.8) is 0 Å². The van der Waals surface area contributed by atoms with Gasteiger partial charge in [0, 0.05) is 8.04 Å². The van der Waals surface area contributed by atoms with Gasteiger partial charge in [-0.2, -0.15) is 0 Å². The van der Waals surface area contributed by atoms with E-state index in [1.807, 2.05) is 6.07 Å². The number of hydrazine groups is 1. The van der Waals surface area contributed by atoms with Crippen molar-refractivity contribution >= 4 is 38.5 Å². The summed E-state index contributed by atoms with van der Waals surface area (Å²) in [5, 5.41) is 0. The third-order valence-electron chi connectivity index (χ3n) is 3.36. The lowest BCUT2D eigenvalue weighted by Gasteiger charge is -2.20. The van der Waals surface area contributed by atoms with E-state index in [1.54, 1.807) is 0 Å². The SMILES string of the molecule is CC(C)Cc1cccc(C(NN)c2cc(Br)ccc2I)c1. The average Bonchev–Trinajstić information content (AvgIpc) is 2.43. The monoisotopic (exact) mass is 458 g/mol. The summed E-state index contributed by atoms with van der Waals surface area (Å²) in [7, 11) is 0. The van der Waals surface area contributed by atoms with Gasteiger partial charge in [-0.1, -0.05) is 54.0 Å². The second-order valence-corrected chi connectivity index (χ2v) is 7.69. The molecule has 0 radical (unpaired) electrons. The zero-order valence-electron chi connectivity index (χ0n) is 12.2. The van der Waals surface area contributed by atoms with Crippen LogP contribution >= 0.6 is 38.5 Å². The maximum absolute atomic E-state index is 5.84. The Balaban J connectivity index is 2.39. The van der Waals surface area contributed by atoms with Crippen molar-refractivity contribution in [3.05, 3.63) is 67.2 Å². The van der Waals surface area contributed by atoms with E-state index in [0.29, 0.717) is 5.92 Å². The van der Waals surface area contributed by atoms with Crippen LogP contribution in [0.25, 0.3) is 0 Å². The van der Waals surface area contributed by atoms with E-state index < -0.39 is 0 Å². The van der Waals surface area contributed by atoms with Crippen LogP contribution in [0.5, 0.6) is 0 Å². The van der Waals surface area contributed by atoms with Crippen LogP contribution in [0.4, 0.5) is 0 Å². The van der Waals surface area contributed by atoms with Crippen molar-refractivity contribution < 1.29 is 0 Å². The Labute approximate surface area is 148 Å². The van der Waals surface area contributed by atoms with Gasteiger partial charge >= 0.3 is 0 Å². The first-order valence-corrected chi connectivity index (χ1v) is 8.88. The highest BCUT2D eigenvalue weighted by Gasteiger charge is 2.16. The molecule has 0 aromatic heterocycles.